The van der Waals surface area contributed by atoms with Gasteiger partial charge in [0.05, 0.1) is 33.8 Å². The molecule has 9 nitrogen and oxygen atoms in total. The van der Waals surface area contributed by atoms with E-state index in [9.17, 15) is 19.0 Å². The predicted octanol–water partition coefficient (Wildman–Crippen LogP) is 19.8. The summed E-state index contributed by atoms with van der Waals surface area (Å²) in [7, 11) is 1.47. The largest absolute Gasteiger partial charge is 0.472 e. The third-order valence-corrected chi connectivity index (χ3v) is 15.2. The van der Waals surface area contributed by atoms with E-state index < -0.39 is 20.0 Å². The Hall–Kier alpha value is -2.29. The lowest BCUT2D eigenvalue weighted by Crippen LogP contribution is -2.47. The Morgan fingerprint density at radius 2 is 0.816 bits per heavy atom. The van der Waals surface area contributed by atoms with Crippen LogP contribution >= 0.6 is 7.82 Å². The fourth-order valence-corrected chi connectivity index (χ4v) is 9.96. The molecule has 0 fully saturated rings. The minimum absolute atomic E-state index is 0.0321. The normalized spacial score (nSPS) is 14.0. The van der Waals surface area contributed by atoms with E-state index in [0.717, 1.165) is 64.2 Å². The minimum Gasteiger partial charge on any atom is -0.456 e. The Morgan fingerprint density at radius 1 is 0.461 bits per heavy atom. The summed E-state index contributed by atoms with van der Waals surface area (Å²) in [5, 5.41) is 3.05. The molecule has 0 bridgehead atoms. The van der Waals surface area contributed by atoms with Crippen molar-refractivity contribution in [1.82, 2.24) is 5.32 Å². The average Bonchev–Trinajstić information content (AvgIpc) is 3.38. The molecule has 3 atom stereocenters. The van der Waals surface area contributed by atoms with Crippen molar-refractivity contribution in [1.29, 1.82) is 0 Å². The van der Waals surface area contributed by atoms with Crippen molar-refractivity contribution in [3.63, 3.8) is 0 Å². The molecule has 0 aliphatic heterocycles. The highest BCUT2D eigenvalue weighted by Crippen LogP contribution is 2.43. The van der Waals surface area contributed by atoms with Crippen LogP contribution in [0.4, 0.5) is 0 Å². The number of carbonyl (C=O) groups excluding carboxylic acids is 2. The SMILES string of the molecule is CCCCC/C=C\C/C=C\C/C=C\C/C=C\CCCC(=O)OC(/C=C/CCCCCCCCCCCC)C(COP(=O)(O)OCC[N+](C)(C)C)NC(=O)CCCCCCCCCCCCCCCCCCCCCCC. The van der Waals surface area contributed by atoms with E-state index in [4.69, 9.17) is 13.8 Å². The molecule has 0 aromatic heterocycles. The highest BCUT2D eigenvalue weighted by Gasteiger charge is 2.30. The molecule has 1 amide bonds. The number of nitrogens with zero attached hydrogens (tertiary/aromatic N) is 1. The molecule has 0 aliphatic rings. The maximum absolute atomic E-state index is 13.6. The highest BCUT2D eigenvalue weighted by atomic mass is 31.2. The standard InChI is InChI=1S/C66H123N2O7P/c1-7-10-13-16-19-22-25-28-30-32-33-34-35-37-38-40-43-46-49-52-55-58-65(69)67-63(62-74-76(71,72)73-61-60-68(4,5)6)64(57-54-51-48-45-42-27-24-21-18-15-12-9-3)75-66(70)59-56-53-50-47-44-41-39-36-31-29-26-23-20-17-14-11-8-2/h20,23,29,31,39,41,47,50,54,57,63-64H,7-19,21-22,24-28,30,32-38,40,42-46,48-49,51-53,55-56,58-62H2,1-6H3,(H-,67,69,71,72)/p+1/b23-20-,31-29-,41-39-,50-47-,57-54+. The zero-order valence-corrected chi connectivity index (χ0v) is 51.6. The van der Waals surface area contributed by atoms with Crippen LogP contribution in [0.15, 0.2) is 60.8 Å². The number of nitrogens with one attached hydrogen (secondary N) is 1. The van der Waals surface area contributed by atoms with Crippen molar-refractivity contribution >= 4 is 19.7 Å². The predicted molar refractivity (Wildman–Crippen MR) is 328 cm³/mol. The van der Waals surface area contributed by atoms with Gasteiger partial charge in [0.1, 0.15) is 19.3 Å². The van der Waals surface area contributed by atoms with E-state index in [2.05, 4.69) is 74.7 Å². The molecule has 0 aromatic carbocycles. The Kier molecular flexibility index (Phi) is 54.3. The zero-order valence-electron chi connectivity index (χ0n) is 50.7. The van der Waals surface area contributed by atoms with Gasteiger partial charge in [-0.2, -0.15) is 0 Å². The molecule has 0 aromatic rings. The molecule has 0 radical (unpaired) electrons. The molecule has 444 valence electrons. The van der Waals surface area contributed by atoms with Crippen molar-refractivity contribution in [3.05, 3.63) is 60.8 Å². The van der Waals surface area contributed by atoms with Crippen molar-refractivity contribution in [2.45, 2.75) is 309 Å². The van der Waals surface area contributed by atoms with Gasteiger partial charge in [0.25, 0.3) is 0 Å². The topological polar surface area (TPSA) is 111 Å². The number of rotatable bonds is 58. The molecule has 0 saturated carbocycles. The second kappa shape index (κ2) is 56.0. The maximum Gasteiger partial charge on any atom is 0.472 e. The molecule has 10 heteroatoms. The summed E-state index contributed by atoms with van der Waals surface area (Å²) in [5.41, 5.74) is 0. The molecule has 0 saturated heterocycles. The smallest absolute Gasteiger partial charge is 0.456 e. The van der Waals surface area contributed by atoms with E-state index in [0.29, 0.717) is 23.9 Å². The lowest BCUT2D eigenvalue weighted by molar-refractivity contribution is -0.870. The summed E-state index contributed by atoms with van der Waals surface area (Å²) < 4.78 is 30.7. The van der Waals surface area contributed by atoms with Crippen LogP contribution in [0.2, 0.25) is 0 Å². The van der Waals surface area contributed by atoms with Gasteiger partial charge in [0.15, 0.2) is 0 Å². The number of esters is 1. The molecule has 0 aliphatic carbocycles. The van der Waals surface area contributed by atoms with Gasteiger partial charge in [0, 0.05) is 12.8 Å². The number of carbonyl (C=O) groups is 2. The first-order valence-electron chi connectivity index (χ1n) is 32.1. The van der Waals surface area contributed by atoms with Crippen LogP contribution in [0.5, 0.6) is 0 Å². The number of ether oxygens (including phenoxy) is 1. The summed E-state index contributed by atoms with van der Waals surface area (Å²) in [6.07, 6.45) is 70.9. The molecule has 76 heavy (non-hydrogen) atoms. The van der Waals surface area contributed by atoms with Gasteiger partial charge in [-0.1, -0.05) is 275 Å². The number of amides is 1. The van der Waals surface area contributed by atoms with E-state index in [1.807, 2.05) is 33.3 Å². The first-order chi connectivity index (χ1) is 36.9. The van der Waals surface area contributed by atoms with Crippen molar-refractivity contribution < 1.29 is 37.3 Å². The molecular weight excluding hydrogens is 964 g/mol. The first-order valence-corrected chi connectivity index (χ1v) is 33.6. The van der Waals surface area contributed by atoms with Crippen molar-refractivity contribution in [2.75, 3.05) is 40.9 Å². The number of likely N-dealkylation sites (N-methyl/N-ethyl adjacent to an activating group) is 1. The van der Waals surface area contributed by atoms with E-state index in [-0.39, 0.29) is 31.5 Å². The number of quaternary nitrogens is 1. The van der Waals surface area contributed by atoms with Gasteiger partial charge < -0.3 is 19.4 Å². The third kappa shape index (κ3) is 56.4. The fourth-order valence-electron chi connectivity index (χ4n) is 9.23. The number of phosphoric ester groups is 1. The van der Waals surface area contributed by atoms with Crippen LogP contribution in [0.25, 0.3) is 0 Å². The lowest BCUT2D eigenvalue weighted by Gasteiger charge is -2.27. The average molecular weight is 1090 g/mol. The van der Waals surface area contributed by atoms with Crippen molar-refractivity contribution in [2.24, 2.45) is 0 Å². The Balaban J connectivity index is 5.25. The highest BCUT2D eigenvalue weighted by molar-refractivity contribution is 7.47. The van der Waals surface area contributed by atoms with Gasteiger partial charge >= 0.3 is 13.8 Å². The Morgan fingerprint density at radius 3 is 1.25 bits per heavy atom. The Bertz CT molecular complexity index is 1490. The number of phosphoric acid groups is 1. The van der Waals surface area contributed by atoms with Gasteiger partial charge in [0.2, 0.25) is 5.91 Å². The van der Waals surface area contributed by atoms with Gasteiger partial charge in [-0.25, -0.2) is 4.57 Å². The van der Waals surface area contributed by atoms with E-state index >= 15 is 0 Å². The molecule has 0 rings (SSSR count). The van der Waals surface area contributed by atoms with Crippen LogP contribution in [0.3, 0.4) is 0 Å². The lowest BCUT2D eigenvalue weighted by atomic mass is 10.0. The van der Waals surface area contributed by atoms with Crippen LogP contribution < -0.4 is 5.32 Å². The summed E-state index contributed by atoms with van der Waals surface area (Å²) in [4.78, 5) is 37.7. The van der Waals surface area contributed by atoms with Gasteiger partial charge in [-0.15, -0.1) is 0 Å². The van der Waals surface area contributed by atoms with Crippen LogP contribution in [-0.4, -0.2) is 74.3 Å². The second-order valence-corrected chi connectivity index (χ2v) is 24.4. The number of allylic oxidation sites excluding steroid dienone is 9. The van der Waals surface area contributed by atoms with Crippen molar-refractivity contribution in [3.8, 4) is 0 Å². The van der Waals surface area contributed by atoms with Gasteiger partial charge in [-0.3, -0.25) is 18.6 Å². The second-order valence-electron chi connectivity index (χ2n) is 22.9. The quantitative estimate of drug-likeness (QED) is 0.0205. The third-order valence-electron chi connectivity index (χ3n) is 14.2. The molecule has 0 spiro atoms. The molecule has 2 N–H and O–H groups in total. The monoisotopic (exact) mass is 1090 g/mol. The Labute approximate surface area is 471 Å². The molecular formula is C66H124N2O7P+. The van der Waals surface area contributed by atoms with Crippen LogP contribution in [-0.2, 0) is 27.9 Å². The number of unbranched alkanes of at least 4 members (excludes halogenated alkanes) is 34. The van der Waals surface area contributed by atoms with Crippen LogP contribution in [0.1, 0.15) is 297 Å². The maximum atomic E-state index is 13.6. The zero-order chi connectivity index (χ0) is 55.7. The fraction of sp³-hybridized carbons (Fsp3) is 0.818. The number of hydrogen-bond acceptors (Lipinski definition) is 6. The van der Waals surface area contributed by atoms with Gasteiger partial charge in [-0.05, 0) is 70.3 Å². The first kappa shape index (κ1) is 73.7. The van der Waals surface area contributed by atoms with Crippen LogP contribution in [0, 0.1) is 0 Å². The number of hydrogen-bond donors (Lipinski definition) is 2. The minimum atomic E-state index is -4.46. The summed E-state index contributed by atoms with van der Waals surface area (Å²) >= 11 is 0. The molecule has 0 heterocycles. The van der Waals surface area contributed by atoms with E-state index in [1.54, 1.807) is 0 Å². The van der Waals surface area contributed by atoms with E-state index in [1.165, 1.54) is 193 Å². The summed E-state index contributed by atoms with van der Waals surface area (Å²) in [5.74, 6) is -0.561. The molecule has 3 unspecified atom stereocenters. The summed E-state index contributed by atoms with van der Waals surface area (Å²) in [6.45, 7) is 6.98. The summed E-state index contributed by atoms with van der Waals surface area (Å²) in [6, 6.07) is -0.869.